The molecule has 3 N–H and O–H groups in total. The molecule has 1 aromatic rings. The van der Waals surface area contributed by atoms with Gasteiger partial charge in [0.05, 0.1) is 28.2 Å². The van der Waals surface area contributed by atoms with Crippen LogP contribution in [0.25, 0.3) is 0 Å². The van der Waals surface area contributed by atoms with Crippen LogP contribution in [0.4, 0.5) is 5.69 Å². The lowest BCUT2D eigenvalue weighted by Crippen LogP contribution is -2.23. The Morgan fingerprint density at radius 2 is 2.21 bits per heavy atom. The van der Waals surface area contributed by atoms with Crippen molar-refractivity contribution >= 4 is 5.69 Å². The maximum absolute atomic E-state index is 10.9. The highest BCUT2D eigenvalue weighted by Crippen LogP contribution is 2.29. The molecule has 1 rings (SSSR count). The average molecular weight is 265 g/mol. The normalized spacial score (nSPS) is 13.6. The molecular formula is C12H15N3O4. The summed E-state index contributed by atoms with van der Waals surface area (Å²) < 4.78 is 0. The largest absolute Gasteiger partial charge is 0.390 e. The first kappa shape index (κ1) is 15.0. The van der Waals surface area contributed by atoms with Crippen LogP contribution in [0.1, 0.15) is 23.7 Å². The van der Waals surface area contributed by atoms with Crippen molar-refractivity contribution in [1.82, 2.24) is 5.32 Å². The minimum atomic E-state index is -1.36. The van der Waals surface area contributed by atoms with Crippen LogP contribution in [0.15, 0.2) is 18.2 Å². The first-order valence-electron chi connectivity index (χ1n) is 5.70. The molecule has 0 saturated carbocycles. The van der Waals surface area contributed by atoms with Gasteiger partial charge in [-0.3, -0.25) is 10.1 Å². The maximum atomic E-state index is 10.9. The number of aliphatic hydroxyl groups excluding tert-OH is 2. The van der Waals surface area contributed by atoms with Crippen LogP contribution < -0.4 is 5.32 Å². The fourth-order valence-corrected chi connectivity index (χ4v) is 1.68. The average Bonchev–Trinajstić information content (AvgIpc) is 2.43. The molecule has 0 aromatic heterocycles. The molecule has 102 valence electrons. The third-order valence-corrected chi connectivity index (χ3v) is 2.73. The van der Waals surface area contributed by atoms with Gasteiger partial charge in [0.15, 0.2) is 0 Å². The molecule has 0 spiro atoms. The zero-order valence-electron chi connectivity index (χ0n) is 10.4. The summed E-state index contributed by atoms with van der Waals surface area (Å²) in [6, 6.07) is 5.55. The Morgan fingerprint density at radius 3 is 2.74 bits per heavy atom. The number of nitro benzene ring substituents is 1. The van der Waals surface area contributed by atoms with Gasteiger partial charge in [-0.2, -0.15) is 5.26 Å². The molecule has 0 aliphatic carbocycles. The van der Waals surface area contributed by atoms with Crippen molar-refractivity contribution in [3.05, 3.63) is 39.4 Å². The van der Waals surface area contributed by atoms with Gasteiger partial charge >= 0.3 is 0 Å². The van der Waals surface area contributed by atoms with Crippen molar-refractivity contribution in [2.75, 3.05) is 13.6 Å². The van der Waals surface area contributed by atoms with Crippen molar-refractivity contribution in [3.8, 4) is 6.07 Å². The van der Waals surface area contributed by atoms with Crippen LogP contribution in [0.2, 0.25) is 0 Å². The Morgan fingerprint density at radius 1 is 1.53 bits per heavy atom. The van der Waals surface area contributed by atoms with Gasteiger partial charge in [-0.05, 0) is 32.1 Å². The van der Waals surface area contributed by atoms with Gasteiger partial charge in [0.25, 0.3) is 5.69 Å². The zero-order chi connectivity index (χ0) is 14.4. The standard InChI is InChI=1S/C12H15N3O4/c1-14-5-4-11(16)12(17)9-3-2-8(7-13)6-10(9)15(18)19/h2-3,6,11-12,14,16-17H,4-5H2,1H3. The van der Waals surface area contributed by atoms with Crippen LogP contribution in [-0.4, -0.2) is 34.8 Å². The number of rotatable bonds is 6. The molecule has 0 saturated heterocycles. The summed E-state index contributed by atoms with van der Waals surface area (Å²) in [5, 5.41) is 42.1. The number of benzene rings is 1. The van der Waals surface area contributed by atoms with Gasteiger partial charge in [-0.15, -0.1) is 0 Å². The second-order valence-corrected chi connectivity index (χ2v) is 4.05. The van der Waals surface area contributed by atoms with Crippen LogP contribution in [0, 0.1) is 21.4 Å². The quantitative estimate of drug-likeness (QED) is 0.508. The lowest BCUT2D eigenvalue weighted by molar-refractivity contribution is -0.386. The first-order valence-corrected chi connectivity index (χ1v) is 5.70. The van der Waals surface area contributed by atoms with Crippen LogP contribution in [0.3, 0.4) is 0 Å². The summed E-state index contributed by atoms with van der Waals surface area (Å²) in [4.78, 5) is 10.2. The van der Waals surface area contributed by atoms with Crippen molar-refractivity contribution in [2.45, 2.75) is 18.6 Å². The van der Waals surface area contributed by atoms with Crippen molar-refractivity contribution in [2.24, 2.45) is 0 Å². The van der Waals surface area contributed by atoms with Crippen LogP contribution in [0.5, 0.6) is 0 Å². The monoisotopic (exact) mass is 265 g/mol. The molecule has 7 nitrogen and oxygen atoms in total. The van der Waals surface area contributed by atoms with Crippen molar-refractivity contribution in [1.29, 1.82) is 5.26 Å². The van der Waals surface area contributed by atoms with Crippen LogP contribution >= 0.6 is 0 Å². The minimum Gasteiger partial charge on any atom is -0.390 e. The molecule has 7 heteroatoms. The molecule has 0 bridgehead atoms. The lowest BCUT2D eigenvalue weighted by atomic mass is 9.99. The van der Waals surface area contributed by atoms with Gasteiger partial charge < -0.3 is 15.5 Å². The highest BCUT2D eigenvalue weighted by atomic mass is 16.6. The predicted molar refractivity (Wildman–Crippen MR) is 67.3 cm³/mol. The number of hydrogen-bond donors (Lipinski definition) is 3. The molecule has 0 heterocycles. The third-order valence-electron chi connectivity index (χ3n) is 2.73. The van der Waals surface area contributed by atoms with E-state index < -0.39 is 17.1 Å². The van der Waals surface area contributed by atoms with Gasteiger partial charge in [0, 0.05) is 6.07 Å². The van der Waals surface area contributed by atoms with Gasteiger partial charge in [0.2, 0.25) is 0 Å². The zero-order valence-corrected chi connectivity index (χ0v) is 10.4. The fourth-order valence-electron chi connectivity index (χ4n) is 1.68. The van der Waals surface area contributed by atoms with Gasteiger partial charge in [-0.25, -0.2) is 0 Å². The number of aliphatic hydroxyl groups is 2. The molecule has 2 atom stereocenters. The Kier molecular flexibility index (Phi) is 5.38. The number of nitrogens with zero attached hydrogens (tertiary/aromatic N) is 2. The van der Waals surface area contributed by atoms with E-state index in [4.69, 9.17) is 5.26 Å². The second kappa shape index (κ2) is 6.80. The summed E-state index contributed by atoms with van der Waals surface area (Å²) in [6.45, 7) is 0.475. The van der Waals surface area contributed by atoms with Gasteiger partial charge in [-0.1, -0.05) is 0 Å². The smallest absolute Gasteiger partial charge is 0.276 e. The summed E-state index contributed by atoms with van der Waals surface area (Å²) >= 11 is 0. The maximum Gasteiger partial charge on any atom is 0.276 e. The number of nitriles is 1. The lowest BCUT2D eigenvalue weighted by Gasteiger charge is -2.18. The molecule has 0 aliphatic rings. The number of nitro groups is 1. The first-order chi connectivity index (χ1) is 9.01. The Hall–Kier alpha value is -2.01. The molecular weight excluding hydrogens is 250 g/mol. The van der Waals surface area contributed by atoms with E-state index in [0.29, 0.717) is 6.54 Å². The van der Waals surface area contributed by atoms with Crippen molar-refractivity contribution in [3.63, 3.8) is 0 Å². The van der Waals surface area contributed by atoms with E-state index in [0.717, 1.165) is 6.07 Å². The number of nitrogens with one attached hydrogen (secondary N) is 1. The van der Waals surface area contributed by atoms with E-state index in [-0.39, 0.29) is 23.2 Å². The molecule has 0 amide bonds. The predicted octanol–water partition coefficient (Wildman–Crippen LogP) is 0.470. The van der Waals surface area contributed by atoms with E-state index >= 15 is 0 Å². The molecule has 0 fully saturated rings. The molecule has 1 aromatic carbocycles. The third kappa shape index (κ3) is 3.72. The Balaban J connectivity index is 3.05. The topological polar surface area (TPSA) is 119 Å². The van der Waals surface area contributed by atoms with Crippen LogP contribution in [-0.2, 0) is 0 Å². The minimum absolute atomic E-state index is 0.00704. The summed E-state index contributed by atoms with van der Waals surface area (Å²) in [5.74, 6) is 0. The fraction of sp³-hybridized carbons (Fsp3) is 0.417. The van der Waals surface area contributed by atoms with E-state index in [1.165, 1.54) is 12.1 Å². The SMILES string of the molecule is CNCCC(O)C(O)c1ccc(C#N)cc1[N+](=O)[O-]. The molecule has 0 aliphatic heterocycles. The second-order valence-electron chi connectivity index (χ2n) is 4.05. The van der Waals surface area contributed by atoms with E-state index in [1.54, 1.807) is 13.1 Å². The van der Waals surface area contributed by atoms with E-state index in [2.05, 4.69) is 5.32 Å². The molecule has 2 unspecified atom stereocenters. The Labute approximate surface area is 110 Å². The van der Waals surface area contributed by atoms with E-state index in [1.807, 2.05) is 0 Å². The van der Waals surface area contributed by atoms with Gasteiger partial charge in [0.1, 0.15) is 6.10 Å². The summed E-state index contributed by atoms with van der Waals surface area (Å²) in [6.07, 6.45) is -2.21. The highest BCUT2D eigenvalue weighted by Gasteiger charge is 2.26. The molecule has 19 heavy (non-hydrogen) atoms. The summed E-state index contributed by atoms with van der Waals surface area (Å²) in [7, 11) is 1.70. The highest BCUT2D eigenvalue weighted by molar-refractivity contribution is 5.48. The Bertz CT molecular complexity index is 498. The van der Waals surface area contributed by atoms with E-state index in [9.17, 15) is 20.3 Å². The van der Waals surface area contributed by atoms with Crippen molar-refractivity contribution < 1.29 is 15.1 Å². The molecule has 0 radical (unpaired) electrons. The summed E-state index contributed by atoms with van der Waals surface area (Å²) in [5.41, 5.74) is -0.227. The number of hydrogen-bond acceptors (Lipinski definition) is 6.